The van der Waals surface area contributed by atoms with Crippen LogP contribution in [0.25, 0.3) is 0 Å². The van der Waals surface area contributed by atoms with Crippen LogP contribution in [0.2, 0.25) is 0 Å². The molecule has 0 bridgehead atoms. The normalized spacial score (nSPS) is 12.2. The lowest BCUT2D eigenvalue weighted by molar-refractivity contribution is 0.101. The SMILES string of the molecule is N#Cc1ccnc(C(=O)Nc2ccc3c(c2)C(c2ccoc2)=NC3)n1. The molecule has 0 radical (unpaired) electrons. The topological polar surface area (TPSA) is 104 Å². The van der Waals surface area contributed by atoms with Gasteiger partial charge in [-0.25, -0.2) is 9.97 Å². The predicted octanol–water partition coefficient (Wildman–Crippen LogP) is 2.54. The summed E-state index contributed by atoms with van der Waals surface area (Å²) >= 11 is 0. The second kappa shape index (κ2) is 6.02. The zero-order valence-electron chi connectivity index (χ0n) is 12.9. The molecule has 0 spiro atoms. The number of anilines is 1. The van der Waals surface area contributed by atoms with Crippen LogP contribution in [0.15, 0.2) is 58.5 Å². The maximum Gasteiger partial charge on any atom is 0.293 e. The summed E-state index contributed by atoms with van der Waals surface area (Å²) in [6.45, 7) is 0.595. The van der Waals surface area contributed by atoms with Gasteiger partial charge in [-0.1, -0.05) is 6.07 Å². The molecule has 1 aliphatic rings. The molecule has 120 valence electrons. The highest BCUT2D eigenvalue weighted by Gasteiger charge is 2.19. The number of benzene rings is 1. The van der Waals surface area contributed by atoms with Gasteiger partial charge in [-0.3, -0.25) is 9.79 Å². The molecular formula is C18H11N5O2. The van der Waals surface area contributed by atoms with E-state index in [9.17, 15) is 4.79 Å². The number of aliphatic imine (C=N–C) groups is 1. The van der Waals surface area contributed by atoms with Crippen molar-refractivity contribution in [3.05, 3.63) is 77.3 Å². The number of nitrogens with one attached hydrogen (secondary N) is 1. The summed E-state index contributed by atoms with van der Waals surface area (Å²) < 4.78 is 5.12. The predicted molar refractivity (Wildman–Crippen MR) is 89.2 cm³/mol. The fraction of sp³-hybridized carbons (Fsp3) is 0.0556. The largest absolute Gasteiger partial charge is 0.472 e. The number of fused-ring (bicyclic) bond motifs is 1. The van der Waals surface area contributed by atoms with Crippen molar-refractivity contribution in [1.82, 2.24) is 9.97 Å². The summed E-state index contributed by atoms with van der Waals surface area (Å²) in [6, 6.07) is 10.8. The number of hydrogen-bond acceptors (Lipinski definition) is 6. The molecule has 1 aromatic carbocycles. The molecule has 3 heterocycles. The standard InChI is InChI=1S/C18H11N5O2/c19-8-14-3-5-20-17(22-14)18(24)23-13-2-1-11-9-21-16(15(11)7-13)12-4-6-25-10-12/h1-7,10H,9H2,(H,23,24). The zero-order chi connectivity index (χ0) is 17.2. The van der Waals surface area contributed by atoms with E-state index in [1.54, 1.807) is 18.6 Å². The van der Waals surface area contributed by atoms with E-state index in [1.165, 1.54) is 12.3 Å². The van der Waals surface area contributed by atoms with Crippen LogP contribution >= 0.6 is 0 Å². The molecule has 3 aromatic rings. The minimum Gasteiger partial charge on any atom is -0.472 e. The van der Waals surface area contributed by atoms with Crippen molar-refractivity contribution >= 4 is 17.3 Å². The fourth-order valence-corrected chi connectivity index (χ4v) is 2.63. The molecule has 7 heteroatoms. The number of carbonyl (C=O) groups excluding carboxylic acids is 1. The van der Waals surface area contributed by atoms with Crippen molar-refractivity contribution in [3.8, 4) is 6.07 Å². The van der Waals surface area contributed by atoms with E-state index >= 15 is 0 Å². The van der Waals surface area contributed by atoms with Gasteiger partial charge in [0.2, 0.25) is 5.82 Å². The molecule has 0 saturated carbocycles. The molecule has 0 unspecified atom stereocenters. The highest BCUT2D eigenvalue weighted by Crippen LogP contribution is 2.26. The number of nitrogens with zero attached hydrogens (tertiary/aromatic N) is 4. The Morgan fingerprint density at radius 3 is 3.00 bits per heavy atom. The van der Waals surface area contributed by atoms with Gasteiger partial charge in [-0.15, -0.1) is 0 Å². The lowest BCUT2D eigenvalue weighted by Crippen LogP contribution is -2.16. The van der Waals surface area contributed by atoms with Gasteiger partial charge in [0, 0.05) is 23.0 Å². The number of rotatable bonds is 3. The van der Waals surface area contributed by atoms with Gasteiger partial charge in [0.05, 0.1) is 24.8 Å². The maximum absolute atomic E-state index is 12.3. The first kappa shape index (κ1) is 14.8. The minimum atomic E-state index is -0.475. The second-order valence-corrected chi connectivity index (χ2v) is 5.38. The molecule has 4 rings (SSSR count). The Morgan fingerprint density at radius 2 is 2.20 bits per heavy atom. The van der Waals surface area contributed by atoms with Gasteiger partial charge >= 0.3 is 0 Å². The van der Waals surface area contributed by atoms with Crippen LogP contribution in [-0.2, 0) is 6.54 Å². The van der Waals surface area contributed by atoms with Crippen molar-refractivity contribution in [2.24, 2.45) is 4.99 Å². The third-order valence-electron chi connectivity index (χ3n) is 3.80. The van der Waals surface area contributed by atoms with Crippen molar-refractivity contribution in [2.45, 2.75) is 6.54 Å². The molecule has 1 aliphatic heterocycles. The monoisotopic (exact) mass is 329 g/mol. The van der Waals surface area contributed by atoms with E-state index in [2.05, 4.69) is 20.3 Å². The molecule has 1 amide bonds. The van der Waals surface area contributed by atoms with E-state index in [-0.39, 0.29) is 11.5 Å². The van der Waals surface area contributed by atoms with Crippen molar-refractivity contribution < 1.29 is 9.21 Å². The van der Waals surface area contributed by atoms with Crippen LogP contribution in [0.3, 0.4) is 0 Å². The molecule has 0 atom stereocenters. The quantitative estimate of drug-likeness (QED) is 0.795. The minimum absolute atomic E-state index is 0.0525. The Morgan fingerprint density at radius 1 is 1.28 bits per heavy atom. The van der Waals surface area contributed by atoms with Gasteiger partial charge in [-0.2, -0.15) is 5.26 Å². The zero-order valence-corrected chi connectivity index (χ0v) is 12.9. The van der Waals surface area contributed by atoms with Gasteiger partial charge < -0.3 is 9.73 Å². The van der Waals surface area contributed by atoms with Crippen LogP contribution in [-0.4, -0.2) is 21.6 Å². The lowest BCUT2D eigenvalue weighted by atomic mass is 10.0. The third kappa shape index (κ3) is 2.77. The Balaban J connectivity index is 1.61. The fourth-order valence-electron chi connectivity index (χ4n) is 2.63. The van der Waals surface area contributed by atoms with E-state index in [0.29, 0.717) is 12.2 Å². The Hall–Kier alpha value is -3.79. The second-order valence-electron chi connectivity index (χ2n) is 5.38. The highest BCUT2D eigenvalue weighted by atomic mass is 16.3. The lowest BCUT2D eigenvalue weighted by Gasteiger charge is -2.08. The maximum atomic E-state index is 12.3. The van der Waals surface area contributed by atoms with Gasteiger partial charge in [0.1, 0.15) is 11.8 Å². The smallest absolute Gasteiger partial charge is 0.293 e. The first-order valence-corrected chi connectivity index (χ1v) is 7.49. The Labute approximate surface area is 142 Å². The molecule has 2 aromatic heterocycles. The molecule has 0 aliphatic carbocycles. The number of furan rings is 1. The summed E-state index contributed by atoms with van der Waals surface area (Å²) in [5, 5.41) is 11.6. The number of aromatic nitrogens is 2. The summed E-state index contributed by atoms with van der Waals surface area (Å²) in [5.41, 5.74) is 4.51. The van der Waals surface area contributed by atoms with Crippen molar-refractivity contribution in [3.63, 3.8) is 0 Å². The van der Waals surface area contributed by atoms with Gasteiger partial charge in [0.25, 0.3) is 5.91 Å². The Kier molecular flexibility index (Phi) is 3.56. The first-order chi connectivity index (χ1) is 12.2. The number of nitriles is 1. The molecule has 0 fully saturated rings. The highest BCUT2D eigenvalue weighted by molar-refractivity contribution is 6.15. The average molecular weight is 329 g/mol. The van der Waals surface area contributed by atoms with Crippen LogP contribution in [0, 0.1) is 11.3 Å². The molecular weight excluding hydrogens is 318 g/mol. The van der Waals surface area contributed by atoms with E-state index < -0.39 is 5.91 Å². The van der Waals surface area contributed by atoms with Crippen LogP contribution in [0.1, 0.15) is 33.0 Å². The first-order valence-electron chi connectivity index (χ1n) is 7.49. The summed E-state index contributed by atoms with van der Waals surface area (Å²) in [5.74, 6) is -0.528. The Bertz CT molecular complexity index is 1030. The summed E-state index contributed by atoms with van der Waals surface area (Å²) in [4.78, 5) is 24.6. The average Bonchev–Trinajstić information content (AvgIpc) is 3.30. The van der Waals surface area contributed by atoms with Crippen LogP contribution in [0.4, 0.5) is 5.69 Å². The number of hydrogen-bond donors (Lipinski definition) is 1. The third-order valence-corrected chi connectivity index (χ3v) is 3.80. The molecule has 25 heavy (non-hydrogen) atoms. The van der Waals surface area contributed by atoms with Crippen LogP contribution in [0.5, 0.6) is 0 Å². The number of amides is 1. The van der Waals surface area contributed by atoms with Crippen molar-refractivity contribution in [2.75, 3.05) is 5.32 Å². The van der Waals surface area contributed by atoms with E-state index in [0.717, 1.165) is 22.4 Å². The van der Waals surface area contributed by atoms with E-state index in [4.69, 9.17) is 9.68 Å². The molecule has 1 N–H and O–H groups in total. The van der Waals surface area contributed by atoms with Gasteiger partial charge in [0.15, 0.2) is 0 Å². The van der Waals surface area contributed by atoms with Gasteiger partial charge in [-0.05, 0) is 29.8 Å². The van der Waals surface area contributed by atoms with Crippen molar-refractivity contribution in [1.29, 1.82) is 5.26 Å². The summed E-state index contributed by atoms with van der Waals surface area (Å²) in [7, 11) is 0. The molecule has 0 saturated heterocycles. The molecule has 7 nitrogen and oxygen atoms in total. The summed E-state index contributed by atoms with van der Waals surface area (Å²) in [6.07, 6.45) is 4.62. The number of carbonyl (C=O) groups is 1. The van der Waals surface area contributed by atoms with Crippen LogP contribution < -0.4 is 5.32 Å². The van der Waals surface area contributed by atoms with E-state index in [1.807, 2.05) is 24.3 Å².